The van der Waals surface area contributed by atoms with E-state index in [0.717, 1.165) is 0 Å². The third-order valence-corrected chi connectivity index (χ3v) is 3.56. The van der Waals surface area contributed by atoms with E-state index < -0.39 is 18.0 Å². The van der Waals surface area contributed by atoms with Crippen LogP contribution in [0.3, 0.4) is 0 Å². The van der Waals surface area contributed by atoms with E-state index in [1.54, 1.807) is 0 Å². The minimum absolute atomic E-state index is 0.173. The number of aliphatic hydroxyl groups excluding tert-OH is 2. The summed E-state index contributed by atoms with van der Waals surface area (Å²) < 4.78 is 11.4. The molecule has 106 valence electrons. The Morgan fingerprint density at radius 2 is 1.95 bits per heavy atom. The molecule has 1 aromatic rings. The van der Waals surface area contributed by atoms with Crippen LogP contribution in [0.4, 0.5) is 0 Å². The minimum Gasteiger partial charge on any atom is -0.394 e. The fourth-order valence-corrected chi connectivity index (χ4v) is 2.64. The van der Waals surface area contributed by atoms with Crippen molar-refractivity contribution in [2.24, 2.45) is 0 Å². The van der Waals surface area contributed by atoms with Gasteiger partial charge >= 0.3 is 0 Å². The number of hydrogen-bond donors (Lipinski definition) is 2. The van der Waals surface area contributed by atoms with Gasteiger partial charge in [0.1, 0.15) is 6.10 Å². The Bertz CT molecular complexity index is 420. The van der Waals surface area contributed by atoms with E-state index in [0.29, 0.717) is 19.4 Å². The van der Waals surface area contributed by atoms with Gasteiger partial charge in [-0.1, -0.05) is 38.1 Å². The Labute approximate surface area is 114 Å². The highest BCUT2D eigenvalue weighted by atomic mass is 16.7. The molecule has 3 rings (SSSR count). The highest BCUT2D eigenvalue weighted by molar-refractivity contribution is 5.29. The van der Waals surface area contributed by atoms with E-state index in [9.17, 15) is 5.11 Å². The van der Waals surface area contributed by atoms with Crippen LogP contribution in [0.1, 0.15) is 31.4 Å². The average Bonchev–Trinajstić information content (AvgIpc) is 2.76. The first-order valence-electron chi connectivity index (χ1n) is 6.90. The van der Waals surface area contributed by atoms with Crippen LogP contribution in [0, 0.1) is 0 Å². The van der Waals surface area contributed by atoms with Crippen molar-refractivity contribution in [1.82, 2.24) is 0 Å². The molecule has 3 atom stereocenters. The standard InChI is InChI=1S/C13H16O4.C2H6/c14-7-12-11(15)6-13(17-12)5-9-3-1-2-4-10(9)8-16-13;1-2/h1-4,11-12,14-15H,5-8H2;1-2H3. The maximum atomic E-state index is 9.79. The predicted molar refractivity (Wildman–Crippen MR) is 71.6 cm³/mol. The quantitative estimate of drug-likeness (QED) is 0.811. The van der Waals surface area contributed by atoms with Crippen LogP contribution < -0.4 is 0 Å². The Kier molecular flexibility index (Phi) is 4.58. The van der Waals surface area contributed by atoms with Gasteiger partial charge in [0.05, 0.1) is 19.3 Å². The molecule has 4 nitrogen and oxygen atoms in total. The van der Waals surface area contributed by atoms with Crippen LogP contribution >= 0.6 is 0 Å². The highest BCUT2D eigenvalue weighted by Gasteiger charge is 2.48. The van der Waals surface area contributed by atoms with Crippen molar-refractivity contribution in [3.8, 4) is 0 Å². The van der Waals surface area contributed by atoms with Crippen LogP contribution in [0.25, 0.3) is 0 Å². The van der Waals surface area contributed by atoms with Gasteiger partial charge in [-0.05, 0) is 11.1 Å². The van der Waals surface area contributed by atoms with Crippen LogP contribution in [0.5, 0.6) is 0 Å². The molecule has 1 fully saturated rings. The van der Waals surface area contributed by atoms with E-state index in [2.05, 4.69) is 6.07 Å². The lowest BCUT2D eigenvalue weighted by Gasteiger charge is -2.34. The Morgan fingerprint density at radius 3 is 2.58 bits per heavy atom. The van der Waals surface area contributed by atoms with Gasteiger partial charge in [-0.3, -0.25) is 0 Å². The van der Waals surface area contributed by atoms with Crippen LogP contribution in [-0.4, -0.2) is 34.8 Å². The molecule has 2 aliphatic heterocycles. The number of rotatable bonds is 1. The van der Waals surface area contributed by atoms with Crippen molar-refractivity contribution in [1.29, 1.82) is 0 Å². The zero-order valence-electron chi connectivity index (χ0n) is 11.5. The summed E-state index contributed by atoms with van der Waals surface area (Å²) >= 11 is 0. The first-order chi connectivity index (χ1) is 9.22. The molecule has 0 saturated carbocycles. The van der Waals surface area contributed by atoms with Crippen molar-refractivity contribution in [2.45, 2.75) is 51.3 Å². The summed E-state index contributed by atoms with van der Waals surface area (Å²) in [6.07, 6.45) is -0.117. The first kappa shape index (κ1) is 14.5. The van der Waals surface area contributed by atoms with Gasteiger partial charge < -0.3 is 19.7 Å². The zero-order valence-corrected chi connectivity index (χ0v) is 11.5. The molecule has 0 radical (unpaired) electrons. The number of benzene rings is 1. The third-order valence-electron chi connectivity index (χ3n) is 3.56. The molecule has 0 amide bonds. The second kappa shape index (κ2) is 6.01. The molecule has 1 spiro atoms. The number of fused-ring (bicyclic) bond motifs is 1. The SMILES string of the molecule is CC.OCC1OC2(Cc3ccccc3CO2)CC1O. The van der Waals surface area contributed by atoms with Crippen molar-refractivity contribution < 1.29 is 19.7 Å². The fourth-order valence-electron chi connectivity index (χ4n) is 2.64. The third kappa shape index (κ3) is 2.82. The molecular weight excluding hydrogens is 244 g/mol. The molecule has 2 heterocycles. The normalized spacial score (nSPS) is 32.6. The van der Waals surface area contributed by atoms with Crippen LogP contribution in [0.2, 0.25) is 0 Å². The maximum Gasteiger partial charge on any atom is 0.175 e. The minimum atomic E-state index is -0.749. The summed E-state index contributed by atoms with van der Waals surface area (Å²) in [6, 6.07) is 8.08. The number of aliphatic hydroxyl groups is 2. The van der Waals surface area contributed by atoms with E-state index in [1.807, 2.05) is 32.0 Å². The summed E-state index contributed by atoms with van der Waals surface area (Å²) in [4.78, 5) is 0. The van der Waals surface area contributed by atoms with Gasteiger partial charge in [0.25, 0.3) is 0 Å². The number of hydrogen-bond acceptors (Lipinski definition) is 4. The van der Waals surface area contributed by atoms with Crippen molar-refractivity contribution >= 4 is 0 Å². The molecule has 0 bridgehead atoms. The Morgan fingerprint density at radius 1 is 1.26 bits per heavy atom. The fraction of sp³-hybridized carbons (Fsp3) is 0.600. The van der Waals surface area contributed by atoms with Crippen LogP contribution in [0.15, 0.2) is 24.3 Å². The summed E-state index contributed by atoms with van der Waals surface area (Å²) in [5.41, 5.74) is 2.37. The van der Waals surface area contributed by atoms with E-state index >= 15 is 0 Å². The smallest absolute Gasteiger partial charge is 0.175 e. The molecular formula is C15H22O4. The number of ether oxygens (including phenoxy) is 2. The second-order valence-electron chi connectivity index (χ2n) is 4.76. The van der Waals surface area contributed by atoms with Gasteiger partial charge in [0.15, 0.2) is 5.79 Å². The molecule has 0 aliphatic carbocycles. The zero-order chi connectivity index (χ0) is 13.9. The van der Waals surface area contributed by atoms with Crippen molar-refractivity contribution in [3.05, 3.63) is 35.4 Å². The highest BCUT2D eigenvalue weighted by Crippen LogP contribution is 2.39. The summed E-state index contributed by atoms with van der Waals surface area (Å²) in [5, 5.41) is 18.9. The lowest BCUT2D eigenvalue weighted by molar-refractivity contribution is -0.242. The van der Waals surface area contributed by atoms with Crippen molar-refractivity contribution in [2.75, 3.05) is 6.61 Å². The molecule has 2 aliphatic rings. The van der Waals surface area contributed by atoms with Gasteiger partial charge in [-0.2, -0.15) is 0 Å². The topological polar surface area (TPSA) is 58.9 Å². The van der Waals surface area contributed by atoms with Gasteiger partial charge in [0, 0.05) is 12.8 Å². The summed E-state index contributed by atoms with van der Waals surface area (Å²) in [7, 11) is 0. The molecule has 2 N–H and O–H groups in total. The van der Waals surface area contributed by atoms with Gasteiger partial charge in [-0.25, -0.2) is 0 Å². The average molecular weight is 266 g/mol. The second-order valence-corrected chi connectivity index (χ2v) is 4.76. The molecule has 1 aromatic carbocycles. The Hall–Kier alpha value is -0.940. The van der Waals surface area contributed by atoms with Crippen LogP contribution in [-0.2, 0) is 22.5 Å². The van der Waals surface area contributed by atoms with Gasteiger partial charge in [-0.15, -0.1) is 0 Å². The lowest BCUT2D eigenvalue weighted by Crippen LogP contribution is -2.39. The Balaban J connectivity index is 0.000000637. The van der Waals surface area contributed by atoms with Crippen molar-refractivity contribution in [3.63, 3.8) is 0 Å². The molecule has 1 saturated heterocycles. The molecule has 19 heavy (non-hydrogen) atoms. The maximum absolute atomic E-state index is 9.79. The summed E-state index contributed by atoms with van der Waals surface area (Å²) in [6.45, 7) is 4.33. The van der Waals surface area contributed by atoms with Gasteiger partial charge in [0.2, 0.25) is 0 Å². The molecule has 4 heteroatoms. The van der Waals surface area contributed by atoms with E-state index in [4.69, 9.17) is 14.6 Å². The molecule has 3 unspecified atom stereocenters. The van der Waals surface area contributed by atoms with E-state index in [1.165, 1.54) is 11.1 Å². The van der Waals surface area contributed by atoms with E-state index in [-0.39, 0.29) is 6.61 Å². The first-order valence-corrected chi connectivity index (χ1v) is 6.90. The largest absolute Gasteiger partial charge is 0.394 e. The lowest BCUT2D eigenvalue weighted by atomic mass is 9.94. The summed E-state index contributed by atoms with van der Waals surface area (Å²) in [5.74, 6) is -0.749. The monoisotopic (exact) mass is 266 g/mol. The predicted octanol–water partition coefficient (Wildman–Crippen LogP) is 1.62. The molecule has 0 aromatic heterocycles.